The Bertz CT molecular complexity index is 369. The number of carboxylic acids is 1. The van der Waals surface area contributed by atoms with E-state index in [1.165, 1.54) is 0 Å². The molecule has 0 spiro atoms. The van der Waals surface area contributed by atoms with Crippen molar-refractivity contribution in [3.05, 3.63) is 0 Å². The predicted molar refractivity (Wildman–Crippen MR) is 61.0 cm³/mol. The standard InChI is InChI=1S/C12H22O4/c1-8(2)6-9(11(14)15)7-10(13)16-12(3,4)5/h8-9H,6-7H2,1-5H3,(H,14,15)/t9-/m1/s1/i1D3,8D/t8?,9-. The van der Waals surface area contributed by atoms with E-state index in [0.29, 0.717) is 0 Å². The minimum atomic E-state index is -2.62. The number of carbonyl (C=O) groups is 2. The van der Waals surface area contributed by atoms with Gasteiger partial charge in [-0.1, -0.05) is 13.8 Å². The number of hydrogen-bond acceptors (Lipinski definition) is 3. The second-order valence-electron chi connectivity index (χ2n) is 4.81. The highest BCUT2D eigenvalue weighted by molar-refractivity contribution is 5.78. The molecule has 0 aromatic heterocycles. The third-order valence-corrected chi connectivity index (χ3v) is 1.73. The third-order valence-electron chi connectivity index (χ3n) is 1.73. The fourth-order valence-electron chi connectivity index (χ4n) is 1.20. The monoisotopic (exact) mass is 234 g/mol. The molecule has 0 aliphatic rings. The highest BCUT2D eigenvalue weighted by atomic mass is 16.6. The number of rotatable bonds is 5. The van der Waals surface area contributed by atoms with Crippen molar-refractivity contribution in [3.8, 4) is 0 Å². The molecule has 0 aliphatic carbocycles. The zero-order valence-electron chi connectivity index (χ0n) is 14.2. The Balaban J connectivity index is 4.86. The number of esters is 1. The van der Waals surface area contributed by atoms with Gasteiger partial charge >= 0.3 is 11.9 Å². The molecule has 0 saturated carbocycles. The number of ether oxygens (including phenoxy) is 1. The summed E-state index contributed by atoms with van der Waals surface area (Å²) in [7, 11) is 0. The molecule has 0 amide bonds. The predicted octanol–water partition coefficient (Wildman–Crippen LogP) is 2.47. The summed E-state index contributed by atoms with van der Waals surface area (Å²) in [5.74, 6) is -5.21. The topological polar surface area (TPSA) is 63.6 Å². The van der Waals surface area contributed by atoms with Gasteiger partial charge < -0.3 is 9.84 Å². The van der Waals surface area contributed by atoms with Gasteiger partial charge in [-0.05, 0) is 33.1 Å². The minimum absolute atomic E-state index is 0.446. The lowest BCUT2D eigenvalue weighted by atomic mass is 9.94. The SMILES string of the molecule is [2H]C([2H])([2H])C([2H])(C)C[C@H](CC(=O)OC(C)(C)C)C(=O)O. The molecule has 0 rings (SSSR count). The van der Waals surface area contributed by atoms with Gasteiger partial charge in [-0.2, -0.15) is 0 Å². The second kappa shape index (κ2) is 5.87. The van der Waals surface area contributed by atoms with Crippen LogP contribution in [-0.4, -0.2) is 22.6 Å². The van der Waals surface area contributed by atoms with E-state index in [0.717, 1.165) is 6.92 Å². The van der Waals surface area contributed by atoms with Crippen LogP contribution in [0.15, 0.2) is 0 Å². The first-order valence-electron chi connectivity index (χ1n) is 7.10. The van der Waals surface area contributed by atoms with Gasteiger partial charge in [-0.3, -0.25) is 9.59 Å². The van der Waals surface area contributed by atoms with Gasteiger partial charge in [0.05, 0.1) is 12.3 Å². The minimum Gasteiger partial charge on any atom is -0.481 e. The summed E-state index contributed by atoms with van der Waals surface area (Å²) in [5, 5.41) is 9.07. The number of aliphatic carboxylic acids is 1. The van der Waals surface area contributed by atoms with Crippen LogP contribution in [0.3, 0.4) is 0 Å². The fraction of sp³-hybridized carbons (Fsp3) is 0.833. The molecule has 0 aromatic rings. The first-order chi connectivity index (χ1) is 8.66. The maximum atomic E-state index is 11.6. The van der Waals surface area contributed by atoms with E-state index in [1.54, 1.807) is 20.8 Å². The Morgan fingerprint density at radius 2 is 2.06 bits per heavy atom. The average Bonchev–Trinajstić information content (AvgIpc) is 2.10. The third kappa shape index (κ3) is 7.26. The first-order valence-corrected chi connectivity index (χ1v) is 5.10. The van der Waals surface area contributed by atoms with E-state index >= 15 is 0 Å². The summed E-state index contributed by atoms with van der Waals surface area (Å²) in [6, 6.07) is 0. The summed E-state index contributed by atoms with van der Waals surface area (Å²) in [6.07, 6.45) is -0.894. The lowest BCUT2D eigenvalue weighted by Crippen LogP contribution is -2.27. The molecule has 4 heteroatoms. The number of hydrogen-bond donors (Lipinski definition) is 1. The average molecular weight is 234 g/mol. The highest BCUT2D eigenvalue weighted by Crippen LogP contribution is 2.18. The molecule has 16 heavy (non-hydrogen) atoms. The summed E-state index contributed by atoms with van der Waals surface area (Å²) >= 11 is 0. The van der Waals surface area contributed by atoms with Gasteiger partial charge in [0.25, 0.3) is 0 Å². The first kappa shape index (κ1) is 9.02. The maximum absolute atomic E-state index is 11.6. The Hall–Kier alpha value is -1.06. The molecule has 2 atom stereocenters. The van der Waals surface area contributed by atoms with Crippen LogP contribution in [-0.2, 0) is 14.3 Å². The molecule has 1 unspecified atom stereocenters. The Labute approximate surface area is 103 Å². The van der Waals surface area contributed by atoms with E-state index < -0.39 is 49.0 Å². The molecule has 0 aromatic carbocycles. The van der Waals surface area contributed by atoms with Crippen LogP contribution in [0, 0.1) is 11.8 Å². The maximum Gasteiger partial charge on any atom is 0.307 e. The quantitative estimate of drug-likeness (QED) is 0.742. The number of carboxylic acid groups (broad SMARTS) is 1. The number of carbonyl (C=O) groups excluding carboxylic acids is 1. The molecule has 1 N–H and O–H groups in total. The van der Waals surface area contributed by atoms with Crippen LogP contribution < -0.4 is 0 Å². The second-order valence-corrected chi connectivity index (χ2v) is 4.81. The molecular weight excluding hydrogens is 208 g/mol. The normalized spacial score (nSPS) is 21.8. The molecule has 0 aliphatic heterocycles. The van der Waals surface area contributed by atoms with Crippen molar-refractivity contribution >= 4 is 11.9 Å². The molecule has 0 radical (unpaired) electrons. The molecule has 0 bridgehead atoms. The Morgan fingerprint density at radius 3 is 2.44 bits per heavy atom. The van der Waals surface area contributed by atoms with Crippen LogP contribution in [0.1, 0.15) is 52.9 Å². The zero-order chi connectivity index (χ0) is 16.4. The van der Waals surface area contributed by atoms with E-state index in [9.17, 15) is 9.59 Å². The van der Waals surface area contributed by atoms with Crippen LogP contribution in [0.5, 0.6) is 0 Å². The van der Waals surface area contributed by atoms with Gasteiger partial charge in [0.15, 0.2) is 0 Å². The Morgan fingerprint density at radius 1 is 1.50 bits per heavy atom. The van der Waals surface area contributed by atoms with Crippen LogP contribution >= 0.6 is 0 Å². The molecular formula is C12H22O4. The van der Waals surface area contributed by atoms with Gasteiger partial charge in [0, 0.05) is 5.48 Å². The smallest absolute Gasteiger partial charge is 0.307 e. The lowest BCUT2D eigenvalue weighted by Gasteiger charge is -2.21. The van der Waals surface area contributed by atoms with Crippen LogP contribution in [0.2, 0.25) is 0 Å². The molecule has 94 valence electrons. The van der Waals surface area contributed by atoms with Crippen molar-refractivity contribution in [3.63, 3.8) is 0 Å². The summed E-state index contributed by atoms with van der Waals surface area (Å²) < 4.78 is 34.5. The van der Waals surface area contributed by atoms with Gasteiger partial charge in [0.1, 0.15) is 5.60 Å². The fourth-order valence-corrected chi connectivity index (χ4v) is 1.20. The van der Waals surface area contributed by atoms with Crippen molar-refractivity contribution in [1.29, 1.82) is 0 Å². The van der Waals surface area contributed by atoms with Crippen LogP contribution in [0.25, 0.3) is 0 Å². The van der Waals surface area contributed by atoms with Crippen molar-refractivity contribution in [2.24, 2.45) is 11.8 Å². The molecule has 0 saturated heterocycles. The summed E-state index contributed by atoms with van der Waals surface area (Å²) in [5.41, 5.74) is -0.742. The molecule has 0 fully saturated rings. The van der Waals surface area contributed by atoms with E-state index in [2.05, 4.69) is 0 Å². The van der Waals surface area contributed by atoms with Gasteiger partial charge in [-0.25, -0.2) is 0 Å². The summed E-state index contributed by atoms with van der Waals surface area (Å²) in [4.78, 5) is 22.8. The molecule has 0 heterocycles. The van der Waals surface area contributed by atoms with Crippen molar-refractivity contribution in [2.45, 2.75) is 53.0 Å². The van der Waals surface area contributed by atoms with Crippen molar-refractivity contribution in [2.75, 3.05) is 0 Å². The van der Waals surface area contributed by atoms with Gasteiger partial charge in [-0.15, -0.1) is 0 Å². The van der Waals surface area contributed by atoms with E-state index in [-0.39, 0.29) is 0 Å². The van der Waals surface area contributed by atoms with E-state index in [4.69, 9.17) is 15.3 Å². The Kier molecular flexibility index (Phi) is 3.31. The largest absolute Gasteiger partial charge is 0.481 e. The highest BCUT2D eigenvalue weighted by Gasteiger charge is 2.25. The van der Waals surface area contributed by atoms with Gasteiger partial charge in [0.2, 0.25) is 0 Å². The summed E-state index contributed by atoms with van der Waals surface area (Å²) in [6.45, 7) is 3.48. The van der Waals surface area contributed by atoms with Crippen LogP contribution in [0.4, 0.5) is 0 Å². The van der Waals surface area contributed by atoms with E-state index in [1.807, 2.05) is 0 Å². The van der Waals surface area contributed by atoms with Crippen molar-refractivity contribution < 1.29 is 24.9 Å². The lowest BCUT2D eigenvalue weighted by molar-refractivity contribution is -0.160. The zero-order valence-corrected chi connectivity index (χ0v) is 10.2. The van der Waals surface area contributed by atoms with Crippen molar-refractivity contribution in [1.82, 2.24) is 0 Å². The molecule has 4 nitrogen and oxygen atoms in total.